The summed E-state index contributed by atoms with van der Waals surface area (Å²) >= 11 is 3.41. The van der Waals surface area contributed by atoms with Gasteiger partial charge < -0.3 is 20.1 Å². The molecule has 0 bridgehead atoms. The molecule has 1 aromatic carbocycles. The SMILES string of the molecule is O=C1CN(CC(=O)Nc2cc3c(cc2Br)OCCO3)CCN1. The van der Waals surface area contributed by atoms with Crippen molar-refractivity contribution in [2.24, 2.45) is 0 Å². The van der Waals surface area contributed by atoms with Gasteiger partial charge in [0.1, 0.15) is 13.2 Å². The van der Waals surface area contributed by atoms with Gasteiger partial charge in [-0.1, -0.05) is 0 Å². The van der Waals surface area contributed by atoms with Crippen LogP contribution in [0.1, 0.15) is 0 Å². The van der Waals surface area contributed by atoms with Crippen LogP contribution in [0.15, 0.2) is 16.6 Å². The molecule has 0 atom stereocenters. The highest BCUT2D eigenvalue weighted by Gasteiger charge is 2.20. The molecule has 1 fully saturated rings. The molecule has 118 valence electrons. The minimum absolute atomic E-state index is 0.0560. The fourth-order valence-electron chi connectivity index (χ4n) is 2.38. The lowest BCUT2D eigenvalue weighted by Crippen LogP contribution is -2.49. The first-order chi connectivity index (χ1) is 10.6. The molecule has 2 aliphatic rings. The Morgan fingerprint density at radius 3 is 2.77 bits per heavy atom. The number of piperazine rings is 1. The van der Waals surface area contributed by atoms with E-state index in [1.165, 1.54) is 0 Å². The van der Waals surface area contributed by atoms with Crippen LogP contribution in [0.25, 0.3) is 0 Å². The van der Waals surface area contributed by atoms with Crippen molar-refractivity contribution in [2.75, 3.05) is 44.7 Å². The number of anilines is 1. The highest BCUT2D eigenvalue weighted by Crippen LogP contribution is 2.38. The minimum Gasteiger partial charge on any atom is -0.486 e. The van der Waals surface area contributed by atoms with Crippen LogP contribution in [-0.4, -0.2) is 56.1 Å². The molecule has 0 spiro atoms. The van der Waals surface area contributed by atoms with E-state index in [4.69, 9.17) is 9.47 Å². The number of carbonyl (C=O) groups excluding carboxylic acids is 2. The Kier molecular flexibility index (Phi) is 4.49. The number of carbonyl (C=O) groups is 2. The molecule has 1 saturated heterocycles. The molecule has 8 heteroatoms. The number of hydrogen-bond donors (Lipinski definition) is 2. The predicted molar refractivity (Wildman–Crippen MR) is 83.2 cm³/mol. The van der Waals surface area contributed by atoms with Gasteiger partial charge in [0, 0.05) is 29.7 Å². The summed E-state index contributed by atoms with van der Waals surface area (Å²) in [4.78, 5) is 25.2. The molecule has 7 nitrogen and oxygen atoms in total. The molecule has 0 saturated carbocycles. The summed E-state index contributed by atoms with van der Waals surface area (Å²) in [6.07, 6.45) is 0. The Morgan fingerprint density at radius 1 is 1.32 bits per heavy atom. The topological polar surface area (TPSA) is 79.9 Å². The smallest absolute Gasteiger partial charge is 0.238 e. The van der Waals surface area contributed by atoms with Crippen molar-refractivity contribution in [1.82, 2.24) is 10.2 Å². The monoisotopic (exact) mass is 369 g/mol. The summed E-state index contributed by atoms with van der Waals surface area (Å²) in [7, 11) is 0. The number of ether oxygens (including phenoxy) is 2. The molecule has 1 aromatic rings. The van der Waals surface area contributed by atoms with E-state index in [9.17, 15) is 9.59 Å². The number of halogens is 1. The summed E-state index contributed by atoms with van der Waals surface area (Å²) in [5, 5.41) is 5.56. The molecule has 0 unspecified atom stereocenters. The minimum atomic E-state index is -0.174. The highest BCUT2D eigenvalue weighted by atomic mass is 79.9. The summed E-state index contributed by atoms with van der Waals surface area (Å²) < 4.78 is 11.7. The molecule has 0 aliphatic carbocycles. The van der Waals surface area contributed by atoms with E-state index in [1.807, 2.05) is 0 Å². The Bertz CT molecular complexity index is 608. The van der Waals surface area contributed by atoms with Crippen LogP contribution in [-0.2, 0) is 9.59 Å². The van der Waals surface area contributed by atoms with E-state index >= 15 is 0 Å². The van der Waals surface area contributed by atoms with Crippen LogP contribution in [0, 0.1) is 0 Å². The van der Waals surface area contributed by atoms with Gasteiger partial charge in [-0.25, -0.2) is 0 Å². The van der Waals surface area contributed by atoms with Crippen molar-refractivity contribution in [3.05, 3.63) is 16.6 Å². The zero-order valence-corrected chi connectivity index (χ0v) is 13.4. The molecule has 2 heterocycles. The van der Waals surface area contributed by atoms with Crippen LogP contribution in [0.5, 0.6) is 11.5 Å². The maximum absolute atomic E-state index is 12.1. The lowest BCUT2D eigenvalue weighted by Gasteiger charge is -2.26. The summed E-state index contributed by atoms with van der Waals surface area (Å²) in [6.45, 7) is 2.67. The predicted octanol–water partition coefficient (Wildman–Crippen LogP) is 0.591. The zero-order chi connectivity index (χ0) is 15.5. The average Bonchev–Trinajstić information content (AvgIpc) is 2.48. The van der Waals surface area contributed by atoms with Crippen LogP contribution in [0.2, 0.25) is 0 Å². The van der Waals surface area contributed by atoms with Crippen LogP contribution in [0.3, 0.4) is 0 Å². The third-order valence-corrected chi connectivity index (χ3v) is 4.05. The maximum atomic E-state index is 12.1. The van der Waals surface area contributed by atoms with E-state index < -0.39 is 0 Å². The number of nitrogens with one attached hydrogen (secondary N) is 2. The van der Waals surface area contributed by atoms with Gasteiger partial charge in [-0.05, 0) is 15.9 Å². The second-order valence-electron chi connectivity index (χ2n) is 5.08. The Labute approximate surface area is 136 Å². The van der Waals surface area contributed by atoms with Gasteiger partial charge in [-0.15, -0.1) is 0 Å². The Hall–Kier alpha value is -1.80. The van der Waals surface area contributed by atoms with Crippen molar-refractivity contribution in [2.45, 2.75) is 0 Å². The van der Waals surface area contributed by atoms with Crippen molar-refractivity contribution < 1.29 is 19.1 Å². The molecular weight excluding hydrogens is 354 g/mol. The molecule has 2 amide bonds. The second kappa shape index (κ2) is 6.53. The van der Waals surface area contributed by atoms with Crippen molar-refractivity contribution in [3.8, 4) is 11.5 Å². The van der Waals surface area contributed by atoms with E-state index in [0.717, 1.165) is 4.47 Å². The van der Waals surface area contributed by atoms with Gasteiger partial charge in [0.2, 0.25) is 11.8 Å². The first-order valence-electron chi connectivity index (χ1n) is 7.00. The largest absolute Gasteiger partial charge is 0.486 e. The van der Waals surface area contributed by atoms with Gasteiger partial charge in [-0.3, -0.25) is 14.5 Å². The fourth-order valence-corrected chi connectivity index (χ4v) is 2.80. The fraction of sp³-hybridized carbons (Fsp3) is 0.429. The summed E-state index contributed by atoms with van der Waals surface area (Å²) in [5.41, 5.74) is 0.621. The van der Waals surface area contributed by atoms with Gasteiger partial charge in [0.15, 0.2) is 11.5 Å². The molecule has 3 rings (SSSR count). The van der Waals surface area contributed by atoms with Gasteiger partial charge in [0.05, 0.1) is 18.8 Å². The van der Waals surface area contributed by atoms with Crippen molar-refractivity contribution in [1.29, 1.82) is 0 Å². The first-order valence-corrected chi connectivity index (χ1v) is 7.79. The normalized spacial score (nSPS) is 17.8. The molecule has 2 aliphatic heterocycles. The standard InChI is InChI=1S/C14H16BrN3O4/c15-9-5-11-12(22-4-3-21-11)6-10(9)17-14(20)8-18-2-1-16-13(19)7-18/h5-6H,1-4,7-8H2,(H,16,19)(H,17,20). The van der Waals surface area contributed by atoms with E-state index in [1.54, 1.807) is 17.0 Å². The lowest BCUT2D eigenvalue weighted by molar-refractivity contribution is -0.125. The Morgan fingerprint density at radius 2 is 2.05 bits per heavy atom. The number of benzene rings is 1. The first kappa shape index (κ1) is 15.1. The van der Waals surface area contributed by atoms with E-state index in [2.05, 4.69) is 26.6 Å². The quantitative estimate of drug-likeness (QED) is 0.814. The number of hydrogen-bond acceptors (Lipinski definition) is 5. The lowest BCUT2D eigenvalue weighted by atomic mass is 10.2. The highest BCUT2D eigenvalue weighted by molar-refractivity contribution is 9.10. The van der Waals surface area contributed by atoms with Gasteiger partial charge >= 0.3 is 0 Å². The summed E-state index contributed by atoms with van der Waals surface area (Å²) in [6, 6.07) is 3.51. The van der Waals surface area contributed by atoms with Crippen molar-refractivity contribution >= 4 is 33.4 Å². The number of amides is 2. The number of rotatable bonds is 3. The van der Waals surface area contributed by atoms with E-state index in [0.29, 0.717) is 43.5 Å². The molecule has 0 radical (unpaired) electrons. The molecule has 2 N–H and O–H groups in total. The van der Waals surface area contributed by atoms with Crippen LogP contribution in [0.4, 0.5) is 5.69 Å². The molecular formula is C14H16BrN3O4. The molecule has 0 aromatic heterocycles. The van der Waals surface area contributed by atoms with Gasteiger partial charge in [-0.2, -0.15) is 0 Å². The van der Waals surface area contributed by atoms with Crippen LogP contribution >= 0.6 is 15.9 Å². The Balaban J connectivity index is 1.64. The third kappa shape index (κ3) is 3.50. The number of fused-ring (bicyclic) bond motifs is 1. The average molecular weight is 370 g/mol. The van der Waals surface area contributed by atoms with Gasteiger partial charge in [0.25, 0.3) is 0 Å². The van der Waals surface area contributed by atoms with Crippen molar-refractivity contribution in [3.63, 3.8) is 0 Å². The molecule has 22 heavy (non-hydrogen) atoms. The number of nitrogens with zero attached hydrogens (tertiary/aromatic N) is 1. The zero-order valence-electron chi connectivity index (χ0n) is 11.9. The van der Waals surface area contributed by atoms with Crippen LogP contribution < -0.4 is 20.1 Å². The maximum Gasteiger partial charge on any atom is 0.238 e. The summed E-state index contributed by atoms with van der Waals surface area (Å²) in [5.74, 6) is 1.04. The second-order valence-corrected chi connectivity index (χ2v) is 5.94. The van der Waals surface area contributed by atoms with E-state index in [-0.39, 0.29) is 24.9 Å². The third-order valence-electron chi connectivity index (χ3n) is 3.39.